The van der Waals surface area contributed by atoms with Gasteiger partial charge in [-0.1, -0.05) is 36.4 Å². The number of amides is 3. The first-order chi connectivity index (χ1) is 12.1. The third kappa shape index (κ3) is 2.56. The van der Waals surface area contributed by atoms with E-state index in [9.17, 15) is 9.59 Å². The number of carbonyl (C=O) groups excluding carboxylic acids is 2. The van der Waals surface area contributed by atoms with Crippen molar-refractivity contribution in [1.82, 2.24) is 4.90 Å². The summed E-state index contributed by atoms with van der Waals surface area (Å²) in [6.07, 6.45) is 1.58. The number of fused-ring (bicyclic) bond motifs is 2. The second-order valence-electron chi connectivity index (χ2n) is 6.85. The summed E-state index contributed by atoms with van der Waals surface area (Å²) in [5.74, 6) is 0.00194. The molecular weight excluding hydrogens is 314 g/mol. The molecule has 0 saturated carbocycles. The van der Waals surface area contributed by atoms with E-state index in [1.54, 1.807) is 4.90 Å². The Bertz CT molecular complexity index is 848. The van der Waals surface area contributed by atoms with Crippen LogP contribution in [0.1, 0.15) is 24.0 Å². The summed E-state index contributed by atoms with van der Waals surface area (Å²) in [7, 11) is 0. The Hall–Kier alpha value is -2.82. The number of benzene rings is 2. The molecule has 5 nitrogen and oxygen atoms in total. The van der Waals surface area contributed by atoms with Crippen LogP contribution in [0.3, 0.4) is 0 Å². The standard InChI is InChI=1S/C20H21N3O2/c1-14-7-2-4-9-16(14)22-19(25)23-12-6-11-20(13-23)15-8-3-5-10-17(15)21-18(20)24/h2-5,7-10H,6,11-13H2,1H3,(H,21,24)(H,22,25)/t20-/m0/s1. The largest absolute Gasteiger partial charge is 0.325 e. The van der Waals surface area contributed by atoms with Gasteiger partial charge in [-0.05, 0) is 43.0 Å². The molecule has 3 amide bonds. The van der Waals surface area contributed by atoms with Crippen molar-refractivity contribution in [2.45, 2.75) is 25.2 Å². The van der Waals surface area contributed by atoms with Crippen LogP contribution in [0.4, 0.5) is 16.2 Å². The highest BCUT2D eigenvalue weighted by Gasteiger charge is 2.49. The maximum Gasteiger partial charge on any atom is 0.321 e. The molecule has 5 heteroatoms. The first-order valence-electron chi connectivity index (χ1n) is 8.63. The zero-order chi connectivity index (χ0) is 17.4. The Kier molecular flexibility index (Phi) is 3.71. The van der Waals surface area contributed by atoms with Gasteiger partial charge >= 0.3 is 6.03 Å². The van der Waals surface area contributed by atoms with E-state index in [-0.39, 0.29) is 11.9 Å². The number of hydrogen-bond donors (Lipinski definition) is 2. The van der Waals surface area contributed by atoms with Crippen LogP contribution in [0, 0.1) is 6.92 Å². The molecule has 1 atom stereocenters. The minimum Gasteiger partial charge on any atom is -0.325 e. The van der Waals surface area contributed by atoms with Crippen LogP contribution in [0.25, 0.3) is 0 Å². The minimum atomic E-state index is -0.627. The highest BCUT2D eigenvalue weighted by atomic mass is 16.2. The highest BCUT2D eigenvalue weighted by Crippen LogP contribution is 2.43. The molecule has 2 aliphatic rings. The fourth-order valence-corrected chi connectivity index (χ4v) is 3.92. The molecule has 2 N–H and O–H groups in total. The van der Waals surface area contributed by atoms with Crippen LogP contribution < -0.4 is 10.6 Å². The number of hydrogen-bond acceptors (Lipinski definition) is 2. The molecule has 2 heterocycles. The van der Waals surface area contributed by atoms with Gasteiger partial charge in [0.2, 0.25) is 5.91 Å². The lowest BCUT2D eigenvalue weighted by Crippen LogP contribution is -2.52. The highest BCUT2D eigenvalue weighted by molar-refractivity contribution is 6.07. The number of para-hydroxylation sites is 2. The van der Waals surface area contributed by atoms with Crippen molar-refractivity contribution in [3.8, 4) is 0 Å². The molecule has 0 radical (unpaired) electrons. The summed E-state index contributed by atoms with van der Waals surface area (Å²) >= 11 is 0. The summed E-state index contributed by atoms with van der Waals surface area (Å²) in [6, 6.07) is 15.4. The fraction of sp³-hybridized carbons (Fsp3) is 0.300. The fourth-order valence-electron chi connectivity index (χ4n) is 3.92. The van der Waals surface area contributed by atoms with E-state index in [0.717, 1.165) is 35.3 Å². The molecule has 2 aromatic carbocycles. The van der Waals surface area contributed by atoms with Gasteiger partial charge < -0.3 is 15.5 Å². The van der Waals surface area contributed by atoms with E-state index in [4.69, 9.17) is 0 Å². The average Bonchev–Trinajstić information content (AvgIpc) is 2.89. The van der Waals surface area contributed by atoms with E-state index < -0.39 is 5.41 Å². The molecule has 1 spiro atoms. The SMILES string of the molecule is Cc1ccccc1NC(=O)N1CCC[C@@]2(C1)C(=O)Nc1ccccc12. The number of nitrogens with one attached hydrogen (secondary N) is 2. The molecule has 25 heavy (non-hydrogen) atoms. The van der Waals surface area contributed by atoms with Gasteiger partial charge in [0.05, 0.1) is 5.41 Å². The van der Waals surface area contributed by atoms with Crippen LogP contribution in [-0.4, -0.2) is 29.9 Å². The van der Waals surface area contributed by atoms with Crippen LogP contribution in [0.5, 0.6) is 0 Å². The van der Waals surface area contributed by atoms with Gasteiger partial charge in [0.25, 0.3) is 0 Å². The molecule has 0 unspecified atom stereocenters. The second kappa shape index (κ2) is 5.92. The monoisotopic (exact) mass is 335 g/mol. The van der Waals surface area contributed by atoms with E-state index in [1.807, 2.05) is 55.5 Å². The number of carbonyl (C=O) groups is 2. The third-order valence-electron chi connectivity index (χ3n) is 5.29. The van der Waals surface area contributed by atoms with Crippen LogP contribution >= 0.6 is 0 Å². The Morgan fingerprint density at radius 2 is 1.92 bits per heavy atom. The Labute approximate surface area is 147 Å². The van der Waals surface area contributed by atoms with Crippen molar-refractivity contribution >= 4 is 23.3 Å². The van der Waals surface area contributed by atoms with E-state index in [1.165, 1.54) is 0 Å². The van der Waals surface area contributed by atoms with Gasteiger partial charge in [-0.2, -0.15) is 0 Å². The van der Waals surface area contributed by atoms with Crippen molar-refractivity contribution in [1.29, 1.82) is 0 Å². The lowest BCUT2D eigenvalue weighted by molar-refractivity contribution is -0.122. The van der Waals surface area contributed by atoms with Crippen molar-refractivity contribution in [2.75, 3.05) is 23.7 Å². The Balaban J connectivity index is 1.58. The first kappa shape index (κ1) is 15.7. The van der Waals surface area contributed by atoms with Crippen LogP contribution in [0.2, 0.25) is 0 Å². The molecule has 0 aromatic heterocycles. The van der Waals surface area contributed by atoms with Gasteiger partial charge in [-0.3, -0.25) is 4.79 Å². The maximum absolute atomic E-state index is 12.8. The lowest BCUT2D eigenvalue weighted by Gasteiger charge is -2.39. The van der Waals surface area contributed by atoms with E-state index in [2.05, 4.69) is 10.6 Å². The first-order valence-corrected chi connectivity index (χ1v) is 8.63. The zero-order valence-corrected chi connectivity index (χ0v) is 14.2. The molecule has 2 aromatic rings. The van der Waals surface area contributed by atoms with E-state index >= 15 is 0 Å². The molecule has 0 bridgehead atoms. The van der Waals surface area contributed by atoms with Gasteiger partial charge in [-0.25, -0.2) is 4.79 Å². The van der Waals surface area contributed by atoms with Crippen molar-refractivity contribution in [2.24, 2.45) is 0 Å². The quantitative estimate of drug-likeness (QED) is 0.838. The molecule has 1 saturated heterocycles. The Morgan fingerprint density at radius 1 is 1.16 bits per heavy atom. The maximum atomic E-state index is 12.8. The van der Waals surface area contributed by atoms with E-state index in [0.29, 0.717) is 13.1 Å². The number of anilines is 2. The summed E-state index contributed by atoms with van der Waals surface area (Å²) < 4.78 is 0. The predicted molar refractivity (Wildman–Crippen MR) is 97.8 cm³/mol. The number of rotatable bonds is 1. The number of urea groups is 1. The second-order valence-corrected chi connectivity index (χ2v) is 6.85. The number of nitrogens with zero attached hydrogens (tertiary/aromatic N) is 1. The summed E-state index contributed by atoms with van der Waals surface area (Å²) in [6.45, 7) is 3.04. The normalized spacial score (nSPS) is 21.8. The van der Waals surface area contributed by atoms with Gasteiger partial charge in [-0.15, -0.1) is 0 Å². The number of aryl methyl sites for hydroxylation is 1. The van der Waals surface area contributed by atoms with Crippen LogP contribution in [0.15, 0.2) is 48.5 Å². The van der Waals surface area contributed by atoms with Gasteiger partial charge in [0.1, 0.15) is 0 Å². The molecule has 4 rings (SSSR count). The lowest BCUT2D eigenvalue weighted by atomic mass is 9.75. The molecule has 128 valence electrons. The third-order valence-corrected chi connectivity index (χ3v) is 5.29. The Morgan fingerprint density at radius 3 is 2.76 bits per heavy atom. The summed E-state index contributed by atoms with van der Waals surface area (Å²) in [5.41, 5.74) is 3.08. The smallest absolute Gasteiger partial charge is 0.321 e. The molecule has 1 fully saturated rings. The summed E-state index contributed by atoms with van der Waals surface area (Å²) in [4.78, 5) is 27.2. The van der Waals surface area contributed by atoms with Gasteiger partial charge in [0, 0.05) is 24.5 Å². The minimum absolute atomic E-state index is 0.00194. The van der Waals surface area contributed by atoms with Crippen LogP contribution in [-0.2, 0) is 10.2 Å². The van der Waals surface area contributed by atoms with Crippen molar-refractivity contribution in [3.63, 3.8) is 0 Å². The topological polar surface area (TPSA) is 61.4 Å². The molecule has 0 aliphatic carbocycles. The summed E-state index contributed by atoms with van der Waals surface area (Å²) in [5, 5.41) is 5.96. The van der Waals surface area contributed by atoms with Crippen molar-refractivity contribution < 1.29 is 9.59 Å². The van der Waals surface area contributed by atoms with Crippen molar-refractivity contribution in [3.05, 3.63) is 59.7 Å². The average molecular weight is 335 g/mol. The number of likely N-dealkylation sites (tertiary alicyclic amines) is 1. The van der Waals surface area contributed by atoms with Gasteiger partial charge in [0.15, 0.2) is 0 Å². The molecule has 2 aliphatic heterocycles. The number of piperidine rings is 1. The zero-order valence-electron chi connectivity index (χ0n) is 14.2. The molecular formula is C20H21N3O2. The predicted octanol–water partition coefficient (Wildman–Crippen LogP) is 3.51.